The van der Waals surface area contributed by atoms with Crippen molar-refractivity contribution in [2.45, 2.75) is 0 Å². The Morgan fingerprint density at radius 3 is 2.50 bits per heavy atom. The first-order chi connectivity index (χ1) is 5.86. The van der Waals surface area contributed by atoms with Crippen molar-refractivity contribution in [3.05, 3.63) is 41.6 Å². The van der Waals surface area contributed by atoms with Crippen LogP contribution >= 0.6 is 0 Å². The van der Waals surface area contributed by atoms with Crippen LogP contribution in [0.15, 0.2) is 30.5 Å². The summed E-state index contributed by atoms with van der Waals surface area (Å²) in [5.41, 5.74) is 1.78. The van der Waals surface area contributed by atoms with Crippen molar-refractivity contribution >= 4 is 6.08 Å². The molecular formula is C10H10N2. The first-order valence-electron chi connectivity index (χ1n) is 3.71. The van der Waals surface area contributed by atoms with E-state index in [1.165, 1.54) is 0 Å². The van der Waals surface area contributed by atoms with Gasteiger partial charge in [-0.25, -0.2) is 0 Å². The van der Waals surface area contributed by atoms with Gasteiger partial charge in [-0.2, -0.15) is 5.26 Å². The minimum absolute atomic E-state index is 0.691. The van der Waals surface area contributed by atoms with Crippen molar-refractivity contribution < 1.29 is 0 Å². The minimum atomic E-state index is 0.691. The van der Waals surface area contributed by atoms with Gasteiger partial charge < -0.3 is 5.32 Å². The molecule has 1 aromatic carbocycles. The fourth-order valence-electron chi connectivity index (χ4n) is 0.848. The van der Waals surface area contributed by atoms with Gasteiger partial charge in [0.05, 0.1) is 11.6 Å². The van der Waals surface area contributed by atoms with E-state index in [0.29, 0.717) is 5.56 Å². The highest BCUT2D eigenvalue weighted by Crippen LogP contribution is 2.04. The van der Waals surface area contributed by atoms with Crippen molar-refractivity contribution in [3.63, 3.8) is 0 Å². The van der Waals surface area contributed by atoms with Crippen LogP contribution in [0.2, 0.25) is 0 Å². The molecule has 0 spiro atoms. The van der Waals surface area contributed by atoms with Crippen molar-refractivity contribution in [1.29, 1.82) is 5.26 Å². The normalized spacial score (nSPS) is 9.67. The molecule has 0 radical (unpaired) electrons. The molecule has 0 aromatic heterocycles. The molecule has 0 aliphatic heterocycles. The third kappa shape index (κ3) is 2.14. The molecule has 0 saturated heterocycles. The highest BCUT2D eigenvalue weighted by atomic mass is 14.8. The highest BCUT2D eigenvalue weighted by molar-refractivity contribution is 5.50. The molecule has 60 valence electrons. The van der Waals surface area contributed by atoms with Crippen molar-refractivity contribution in [2.75, 3.05) is 7.05 Å². The van der Waals surface area contributed by atoms with Crippen LogP contribution < -0.4 is 5.32 Å². The molecule has 1 rings (SSSR count). The molecule has 0 unspecified atom stereocenters. The van der Waals surface area contributed by atoms with E-state index in [0.717, 1.165) is 5.56 Å². The lowest BCUT2D eigenvalue weighted by molar-refractivity contribution is 1.11. The van der Waals surface area contributed by atoms with E-state index in [2.05, 4.69) is 11.4 Å². The average molecular weight is 158 g/mol. The lowest BCUT2D eigenvalue weighted by Gasteiger charge is -1.92. The molecule has 0 heterocycles. The molecule has 0 bridgehead atoms. The van der Waals surface area contributed by atoms with Gasteiger partial charge in [0.1, 0.15) is 0 Å². The Morgan fingerprint density at radius 2 is 2.00 bits per heavy atom. The molecular weight excluding hydrogens is 148 g/mol. The van der Waals surface area contributed by atoms with Gasteiger partial charge in [-0.15, -0.1) is 0 Å². The van der Waals surface area contributed by atoms with Crippen molar-refractivity contribution in [3.8, 4) is 6.07 Å². The first kappa shape index (κ1) is 8.35. The van der Waals surface area contributed by atoms with E-state index < -0.39 is 0 Å². The van der Waals surface area contributed by atoms with Crippen LogP contribution in [0.25, 0.3) is 6.08 Å². The lowest BCUT2D eigenvalue weighted by Crippen LogP contribution is -1.90. The van der Waals surface area contributed by atoms with E-state index in [1.54, 1.807) is 12.1 Å². The quantitative estimate of drug-likeness (QED) is 0.711. The summed E-state index contributed by atoms with van der Waals surface area (Å²) >= 11 is 0. The van der Waals surface area contributed by atoms with Gasteiger partial charge in [0.15, 0.2) is 0 Å². The molecule has 0 aliphatic rings. The molecule has 1 N–H and O–H groups in total. The monoisotopic (exact) mass is 158 g/mol. The lowest BCUT2D eigenvalue weighted by atomic mass is 10.1. The summed E-state index contributed by atoms with van der Waals surface area (Å²) in [6, 6.07) is 9.49. The molecule has 1 aromatic rings. The smallest absolute Gasteiger partial charge is 0.0991 e. The largest absolute Gasteiger partial charge is 0.394 e. The number of nitrogens with zero attached hydrogens (tertiary/aromatic N) is 1. The zero-order chi connectivity index (χ0) is 8.81. The Kier molecular flexibility index (Phi) is 2.92. The summed E-state index contributed by atoms with van der Waals surface area (Å²) in [5.74, 6) is 0. The van der Waals surface area contributed by atoms with Gasteiger partial charge in [0.2, 0.25) is 0 Å². The fourth-order valence-corrected chi connectivity index (χ4v) is 0.848. The molecule has 2 heteroatoms. The van der Waals surface area contributed by atoms with Gasteiger partial charge in [-0.1, -0.05) is 12.1 Å². The average Bonchev–Trinajstić information content (AvgIpc) is 2.15. The standard InChI is InChI=1S/C10H10N2/c1-12-7-6-9-2-4-10(8-11)5-3-9/h2-7,12H,1H3/b7-6+. The summed E-state index contributed by atoms with van der Waals surface area (Å²) in [4.78, 5) is 0. The zero-order valence-corrected chi connectivity index (χ0v) is 6.91. The topological polar surface area (TPSA) is 35.8 Å². The van der Waals surface area contributed by atoms with E-state index in [1.807, 2.05) is 31.5 Å². The highest BCUT2D eigenvalue weighted by Gasteiger charge is 1.87. The van der Waals surface area contributed by atoms with Gasteiger partial charge >= 0.3 is 0 Å². The van der Waals surface area contributed by atoms with Crippen molar-refractivity contribution in [2.24, 2.45) is 0 Å². The molecule has 0 fully saturated rings. The van der Waals surface area contributed by atoms with Gasteiger partial charge in [0, 0.05) is 7.05 Å². The Morgan fingerprint density at radius 1 is 1.33 bits per heavy atom. The SMILES string of the molecule is CN/C=C/c1ccc(C#N)cc1. The number of hydrogen-bond donors (Lipinski definition) is 1. The summed E-state index contributed by atoms with van der Waals surface area (Å²) < 4.78 is 0. The van der Waals surface area contributed by atoms with Crippen LogP contribution in [-0.2, 0) is 0 Å². The van der Waals surface area contributed by atoms with Gasteiger partial charge in [-0.3, -0.25) is 0 Å². The molecule has 2 nitrogen and oxygen atoms in total. The van der Waals surface area contributed by atoms with E-state index >= 15 is 0 Å². The summed E-state index contributed by atoms with van der Waals surface area (Å²) in [6.07, 6.45) is 3.79. The summed E-state index contributed by atoms with van der Waals surface area (Å²) in [5, 5.41) is 11.4. The van der Waals surface area contributed by atoms with Crippen LogP contribution in [0.5, 0.6) is 0 Å². The second-order valence-corrected chi connectivity index (χ2v) is 2.36. The number of rotatable bonds is 2. The van der Waals surface area contributed by atoms with Crippen LogP contribution in [0, 0.1) is 11.3 Å². The summed E-state index contributed by atoms with van der Waals surface area (Å²) in [6.45, 7) is 0. The minimum Gasteiger partial charge on any atom is -0.394 e. The Labute approximate surface area is 72.1 Å². The maximum absolute atomic E-state index is 8.52. The van der Waals surface area contributed by atoms with Gasteiger partial charge in [-0.05, 0) is 30.0 Å². The fraction of sp³-hybridized carbons (Fsp3) is 0.100. The second kappa shape index (κ2) is 4.20. The van der Waals surface area contributed by atoms with Crippen LogP contribution in [0.4, 0.5) is 0 Å². The number of nitrogens with one attached hydrogen (secondary N) is 1. The van der Waals surface area contributed by atoms with Gasteiger partial charge in [0.25, 0.3) is 0 Å². The molecule has 12 heavy (non-hydrogen) atoms. The molecule has 0 amide bonds. The van der Waals surface area contributed by atoms with E-state index in [-0.39, 0.29) is 0 Å². The first-order valence-corrected chi connectivity index (χ1v) is 3.71. The number of hydrogen-bond acceptors (Lipinski definition) is 2. The maximum atomic E-state index is 8.52. The van der Waals surface area contributed by atoms with E-state index in [9.17, 15) is 0 Å². The predicted molar refractivity (Wildman–Crippen MR) is 49.3 cm³/mol. The van der Waals surface area contributed by atoms with Crippen LogP contribution in [0.1, 0.15) is 11.1 Å². The summed E-state index contributed by atoms with van der Waals surface area (Å²) in [7, 11) is 1.85. The third-order valence-electron chi connectivity index (χ3n) is 1.48. The molecule has 0 aliphatic carbocycles. The number of nitriles is 1. The Balaban J connectivity index is 2.80. The Hall–Kier alpha value is -1.75. The maximum Gasteiger partial charge on any atom is 0.0991 e. The molecule has 0 atom stereocenters. The number of benzene rings is 1. The molecule has 0 saturated carbocycles. The zero-order valence-electron chi connectivity index (χ0n) is 6.91. The second-order valence-electron chi connectivity index (χ2n) is 2.36. The third-order valence-corrected chi connectivity index (χ3v) is 1.48. The van der Waals surface area contributed by atoms with Crippen LogP contribution in [-0.4, -0.2) is 7.05 Å². The van der Waals surface area contributed by atoms with Crippen molar-refractivity contribution in [1.82, 2.24) is 5.32 Å². The Bertz CT molecular complexity index is 304. The predicted octanol–water partition coefficient (Wildman–Crippen LogP) is 1.75. The van der Waals surface area contributed by atoms with E-state index in [4.69, 9.17) is 5.26 Å². The van der Waals surface area contributed by atoms with Crippen LogP contribution in [0.3, 0.4) is 0 Å².